The Morgan fingerprint density at radius 3 is 2.86 bits per heavy atom. The summed E-state index contributed by atoms with van der Waals surface area (Å²) in [6.45, 7) is 2.63. The van der Waals surface area contributed by atoms with Crippen molar-refractivity contribution < 1.29 is 9.18 Å². The van der Waals surface area contributed by atoms with E-state index in [-0.39, 0.29) is 11.7 Å². The molecule has 2 nitrogen and oxygen atoms in total. The van der Waals surface area contributed by atoms with Crippen LogP contribution >= 0.6 is 22.6 Å². The molecule has 14 heavy (non-hydrogen) atoms. The van der Waals surface area contributed by atoms with Crippen LogP contribution in [0.5, 0.6) is 0 Å². The second kappa shape index (κ2) is 5.29. The molecule has 0 saturated heterocycles. The van der Waals surface area contributed by atoms with Crippen molar-refractivity contribution in [2.45, 2.75) is 13.3 Å². The van der Waals surface area contributed by atoms with E-state index in [1.807, 2.05) is 29.5 Å². The van der Waals surface area contributed by atoms with Gasteiger partial charge in [0.25, 0.3) is 5.91 Å². The van der Waals surface area contributed by atoms with Crippen molar-refractivity contribution in [1.82, 2.24) is 5.32 Å². The summed E-state index contributed by atoms with van der Waals surface area (Å²) in [6, 6.07) is 4.34. The van der Waals surface area contributed by atoms with Crippen molar-refractivity contribution in [2.75, 3.05) is 6.54 Å². The molecule has 1 aromatic rings. The standard InChI is InChI=1S/C10H11FINO/c1-2-5-13-10(14)7-3-4-8(11)9(12)6-7/h3-4,6H,2,5H2,1H3,(H,13,14). The van der Waals surface area contributed by atoms with Gasteiger partial charge in [-0.1, -0.05) is 6.92 Å². The number of nitrogens with one attached hydrogen (secondary N) is 1. The lowest BCUT2D eigenvalue weighted by molar-refractivity contribution is 0.0953. The molecule has 0 aromatic heterocycles. The third-order valence-corrected chi connectivity index (χ3v) is 2.54. The Kier molecular flexibility index (Phi) is 4.31. The summed E-state index contributed by atoms with van der Waals surface area (Å²) in [5, 5.41) is 2.73. The second-order valence-corrected chi connectivity index (χ2v) is 4.05. The first-order chi connectivity index (χ1) is 6.65. The van der Waals surface area contributed by atoms with Gasteiger partial charge in [0.1, 0.15) is 5.82 Å². The van der Waals surface area contributed by atoms with Crippen LogP contribution in [0.15, 0.2) is 18.2 Å². The zero-order chi connectivity index (χ0) is 10.6. The number of halogens is 2. The van der Waals surface area contributed by atoms with Gasteiger partial charge in [0.2, 0.25) is 0 Å². The van der Waals surface area contributed by atoms with Crippen LogP contribution < -0.4 is 5.32 Å². The second-order valence-electron chi connectivity index (χ2n) is 2.88. The van der Waals surface area contributed by atoms with E-state index in [1.165, 1.54) is 12.1 Å². The predicted molar refractivity (Wildman–Crippen MR) is 61.7 cm³/mol. The molecule has 1 aromatic carbocycles. The largest absolute Gasteiger partial charge is 0.352 e. The minimum Gasteiger partial charge on any atom is -0.352 e. The SMILES string of the molecule is CCCNC(=O)c1ccc(F)c(I)c1. The molecule has 0 saturated carbocycles. The van der Waals surface area contributed by atoms with E-state index < -0.39 is 0 Å². The van der Waals surface area contributed by atoms with Gasteiger partial charge >= 0.3 is 0 Å². The summed E-state index contributed by atoms with van der Waals surface area (Å²) in [6.07, 6.45) is 0.893. The number of amides is 1. The average molecular weight is 307 g/mol. The molecule has 1 N–H and O–H groups in total. The van der Waals surface area contributed by atoms with Gasteiger partial charge in [-0.25, -0.2) is 4.39 Å². The molecule has 0 radical (unpaired) electrons. The molecule has 0 fully saturated rings. The summed E-state index contributed by atoms with van der Waals surface area (Å²) < 4.78 is 13.3. The van der Waals surface area contributed by atoms with Gasteiger partial charge in [-0.05, 0) is 47.2 Å². The van der Waals surface area contributed by atoms with Crippen LogP contribution in [0.1, 0.15) is 23.7 Å². The Morgan fingerprint density at radius 1 is 1.57 bits per heavy atom. The highest BCUT2D eigenvalue weighted by atomic mass is 127. The Bertz CT molecular complexity index is 341. The highest BCUT2D eigenvalue weighted by molar-refractivity contribution is 14.1. The van der Waals surface area contributed by atoms with E-state index in [2.05, 4.69) is 5.32 Å². The van der Waals surface area contributed by atoms with Crippen LogP contribution in [-0.2, 0) is 0 Å². The van der Waals surface area contributed by atoms with Crippen molar-refractivity contribution in [3.63, 3.8) is 0 Å². The fourth-order valence-corrected chi connectivity index (χ4v) is 1.49. The van der Waals surface area contributed by atoms with E-state index >= 15 is 0 Å². The van der Waals surface area contributed by atoms with E-state index in [1.54, 1.807) is 6.07 Å². The highest BCUT2D eigenvalue weighted by Crippen LogP contribution is 2.12. The molecule has 0 heterocycles. The Hall–Kier alpha value is -0.650. The number of hydrogen-bond donors (Lipinski definition) is 1. The maximum atomic E-state index is 12.9. The van der Waals surface area contributed by atoms with E-state index in [0.29, 0.717) is 15.7 Å². The highest BCUT2D eigenvalue weighted by Gasteiger charge is 2.06. The van der Waals surface area contributed by atoms with Crippen LogP contribution in [-0.4, -0.2) is 12.5 Å². The van der Waals surface area contributed by atoms with Crippen LogP contribution in [0.2, 0.25) is 0 Å². The molecule has 0 bridgehead atoms. The molecule has 76 valence electrons. The molecule has 0 aliphatic rings. The Labute approximate surface area is 96.0 Å². The smallest absolute Gasteiger partial charge is 0.251 e. The van der Waals surface area contributed by atoms with Gasteiger partial charge in [-0.2, -0.15) is 0 Å². The molecule has 0 atom stereocenters. The quantitative estimate of drug-likeness (QED) is 0.855. The van der Waals surface area contributed by atoms with Gasteiger partial charge in [0.05, 0.1) is 0 Å². The lowest BCUT2D eigenvalue weighted by Crippen LogP contribution is -2.24. The van der Waals surface area contributed by atoms with Gasteiger partial charge in [-0.15, -0.1) is 0 Å². The summed E-state index contributed by atoms with van der Waals surface area (Å²) in [4.78, 5) is 11.4. The topological polar surface area (TPSA) is 29.1 Å². The number of rotatable bonds is 3. The zero-order valence-corrected chi connectivity index (χ0v) is 9.97. The first kappa shape index (κ1) is 11.4. The minimum absolute atomic E-state index is 0.148. The normalized spacial score (nSPS) is 9.93. The average Bonchev–Trinajstić information content (AvgIpc) is 2.18. The first-order valence-corrected chi connectivity index (χ1v) is 5.46. The molecule has 0 aliphatic heterocycles. The maximum absolute atomic E-state index is 12.9. The number of carbonyl (C=O) groups excluding carboxylic acids is 1. The first-order valence-electron chi connectivity index (χ1n) is 4.38. The van der Waals surface area contributed by atoms with Gasteiger partial charge < -0.3 is 5.32 Å². The summed E-state index contributed by atoms with van der Waals surface area (Å²) in [5.74, 6) is -0.442. The third-order valence-electron chi connectivity index (χ3n) is 1.72. The zero-order valence-electron chi connectivity index (χ0n) is 7.81. The lowest BCUT2D eigenvalue weighted by atomic mass is 10.2. The summed E-state index contributed by atoms with van der Waals surface area (Å²) in [5.41, 5.74) is 0.504. The molecule has 0 unspecified atom stereocenters. The van der Waals surface area contributed by atoms with E-state index in [0.717, 1.165) is 6.42 Å². The van der Waals surface area contributed by atoms with Crippen LogP contribution in [0, 0.1) is 9.39 Å². The van der Waals surface area contributed by atoms with Gasteiger partial charge in [0.15, 0.2) is 0 Å². The van der Waals surface area contributed by atoms with Crippen molar-refractivity contribution in [3.8, 4) is 0 Å². The molecule has 0 aliphatic carbocycles. The Balaban J connectivity index is 2.76. The fourth-order valence-electron chi connectivity index (χ4n) is 0.978. The molecular formula is C10H11FINO. The Morgan fingerprint density at radius 2 is 2.29 bits per heavy atom. The number of carbonyl (C=O) groups is 1. The molecule has 4 heteroatoms. The molecule has 1 rings (SSSR count). The van der Waals surface area contributed by atoms with E-state index in [9.17, 15) is 9.18 Å². The van der Waals surface area contributed by atoms with Gasteiger partial charge in [-0.3, -0.25) is 4.79 Å². The predicted octanol–water partition coefficient (Wildman–Crippen LogP) is 2.57. The van der Waals surface area contributed by atoms with Crippen LogP contribution in [0.3, 0.4) is 0 Å². The maximum Gasteiger partial charge on any atom is 0.251 e. The third kappa shape index (κ3) is 2.94. The van der Waals surface area contributed by atoms with Crippen molar-refractivity contribution in [3.05, 3.63) is 33.1 Å². The van der Waals surface area contributed by atoms with Crippen molar-refractivity contribution in [1.29, 1.82) is 0 Å². The van der Waals surface area contributed by atoms with Crippen molar-refractivity contribution in [2.24, 2.45) is 0 Å². The van der Waals surface area contributed by atoms with Crippen LogP contribution in [0.4, 0.5) is 4.39 Å². The van der Waals surface area contributed by atoms with Crippen molar-refractivity contribution >= 4 is 28.5 Å². The van der Waals surface area contributed by atoms with E-state index in [4.69, 9.17) is 0 Å². The molecule has 0 spiro atoms. The lowest BCUT2D eigenvalue weighted by Gasteiger charge is -2.03. The summed E-state index contributed by atoms with van der Waals surface area (Å²) >= 11 is 1.87. The van der Waals surface area contributed by atoms with Gasteiger partial charge in [0, 0.05) is 15.7 Å². The fraction of sp³-hybridized carbons (Fsp3) is 0.300. The molecular weight excluding hydrogens is 296 g/mol. The monoisotopic (exact) mass is 307 g/mol. The summed E-state index contributed by atoms with van der Waals surface area (Å²) in [7, 11) is 0. The minimum atomic E-state index is -0.294. The molecule has 1 amide bonds. The number of benzene rings is 1. The number of hydrogen-bond acceptors (Lipinski definition) is 1. The van der Waals surface area contributed by atoms with Crippen LogP contribution in [0.25, 0.3) is 0 Å².